The van der Waals surface area contributed by atoms with Crippen LogP contribution in [0.5, 0.6) is 0 Å². The number of anilines is 2. The lowest BCUT2D eigenvalue weighted by molar-refractivity contribution is -0.117. The highest BCUT2D eigenvalue weighted by molar-refractivity contribution is 7.15. The van der Waals surface area contributed by atoms with Gasteiger partial charge in [0.25, 0.3) is 0 Å². The standard InChI is InChI=1S/C18H22N4O2S/c1-4-5-15(23)19-18-21-20-17(25-18)13-9-16(24)22(10-13)14-7-11(2)6-12(3)8-14/h6-8,13H,4-5,9-10H2,1-3H3,(H,19,21,23). The van der Waals surface area contributed by atoms with E-state index in [4.69, 9.17) is 0 Å². The van der Waals surface area contributed by atoms with Crippen molar-refractivity contribution in [3.63, 3.8) is 0 Å². The van der Waals surface area contributed by atoms with Gasteiger partial charge in [0.05, 0.1) is 0 Å². The van der Waals surface area contributed by atoms with Crippen LogP contribution in [0.3, 0.4) is 0 Å². The molecule has 1 saturated heterocycles. The molecule has 2 amide bonds. The second-order valence-electron chi connectivity index (χ2n) is 6.49. The number of amides is 2. The molecule has 1 aliphatic heterocycles. The van der Waals surface area contributed by atoms with Crippen molar-refractivity contribution >= 4 is 34.0 Å². The third-order valence-electron chi connectivity index (χ3n) is 4.16. The molecule has 1 unspecified atom stereocenters. The summed E-state index contributed by atoms with van der Waals surface area (Å²) in [7, 11) is 0. The van der Waals surface area contributed by atoms with Gasteiger partial charge in [-0.15, -0.1) is 10.2 Å². The van der Waals surface area contributed by atoms with Crippen molar-refractivity contribution in [3.05, 3.63) is 34.3 Å². The van der Waals surface area contributed by atoms with Gasteiger partial charge in [0.15, 0.2) is 0 Å². The van der Waals surface area contributed by atoms with Gasteiger partial charge in [-0.1, -0.05) is 24.3 Å². The van der Waals surface area contributed by atoms with E-state index < -0.39 is 0 Å². The van der Waals surface area contributed by atoms with E-state index in [0.29, 0.717) is 24.5 Å². The van der Waals surface area contributed by atoms with Crippen LogP contribution in [0.15, 0.2) is 18.2 Å². The maximum atomic E-state index is 12.5. The van der Waals surface area contributed by atoms with Crippen molar-refractivity contribution in [1.29, 1.82) is 0 Å². The maximum absolute atomic E-state index is 12.5. The van der Waals surface area contributed by atoms with Crippen LogP contribution in [0.25, 0.3) is 0 Å². The summed E-state index contributed by atoms with van der Waals surface area (Å²) in [6.07, 6.45) is 1.68. The van der Waals surface area contributed by atoms with Crippen LogP contribution in [-0.4, -0.2) is 28.6 Å². The Morgan fingerprint density at radius 2 is 2.00 bits per heavy atom. The molecular weight excluding hydrogens is 336 g/mol. The summed E-state index contributed by atoms with van der Waals surface area (Å²) >= 11 is 1.36. The third-order valence-corrected chi connectivity index (χ3v) is 5.16. The Kier molecular flexibility index (Phi) is 5.13. The molecule has 1 aromatic heterocycles. The summed E-state index contributed by atoms with van der Waals surface area (Å²) in [5.41, 5.74) is 3.22. The largest absolute Gasteiger partial charge is 0.312 e. The summed E-state index contributed by atoms with van der Waals surface area (Å²) in [4.78, 5) is 25.9. The van der Waals surface area contributed by atoms with Crippen LogP contribution in [0.2, 0.25) is 0 Å². The van der Waals surface area contributed by atoms with E-state index in [2.05, 4.69) is 21.6 Å². The van der Waals surface area contributed by atoms with Crippen LogP contribution >= 0.6 is 11.3 Å². The van der Waals surface area contributed by atoms with Crippen LogP contribution in [0.1, 0.15) is 48.2 Å². The van der Waals surface area contributed by atoms with E-state index in [1.165, 1.54) is 11.3 Å². The van der Waals surface area contributed by atoms with E-state index in [1.807, 2.05) is 37.8 Å². The average molecular weight is 358 g/mol. The van der Waals surface area contributed by atoms with Gasteiger partial charge in [-0.3, -0.25) is 9.59 Å². The van der Waals surface area contributed by atoms with Crippen LogP contribution in [-0.2, 0) is 9.59 Å². The SMILES string of the molecule is CCCC(=O)Nc1nnc(C2CC(=O)N(c3cc(C)cc(C)c3)C2)s1. The number of carbonyl (C=O) groups excluding carboxylic acids is 2. The van der Waals surface area contributed by atoms with E-state index in [9.17, 15) is 9.59 Å². The Hall–Kier alpha value is -2.28. The highest BCUT2D eigenvalue weighted by atomic mass is 32.1. The Morgan fingerprint density at radius 1 is 1.28 bits per heavy atom. The van der Waals surface area contributed by atoms with Crippen molar-refractivity contribution in [3.8, 4) is 0 Å². The highest BCUT2D eigenvalue weighted by Gasteiger charge is 2.34. The number of hydrogen-bond donors (Lipinski definition) is 1. The molecule has 2 heterocycles. The maximum Gasteiger partial charge on any atom is 0.227 e. The fourth-order valence-corrected chi connectivity index (χ4v) is 3.94. The number of nitrogens with one attached hydrogen (secondary N) is 1. The fraction of sp³-hybridized carbons (Fsp3) is 0.444. The number of aromatic nitrogens is 2. The molecule has 0 radical (unpaired) electrons. The minimum absolute atomic E-state index is 0.0163. The van der Waals surface area contributed by atoms with E-state index in [1.54, 1.807) is 0 Å². The summed E-state index contributed by atoms with van der Waals surface area (Å²) in [5, 5.41) is 12.3. The lowest BCUT2D eigenvalue weighted by atomic mass is 10.1. The van der Waals surface area contributed by atoms with Crippen LogP contribution < -0.4 is 10.2 Å². The number of aryl methyl sites for hydroxylation is 2. The van der Waals surface area contributed by atoms with Crippen molar-refractivity contribution in [2.45, 2.75) is 46.0 Å². The van der Waals surface area contributed by atoms with E-state index >= 15 is 0 Å². The molecule has 3 rings (SSSR count). The van der Waals surface area contributed by atoms with Gasteiger partial charge >= 0.3 is 0 Å². The lowest BCUT2D eigenvalue weighted by Crippen LogP contribution is -2.24. The molecule has 132 valence electrons. The molecule has 1 atom stereocenters. The first-order chi connectivity index (χ1) is 12.0. The topological polar surface area (TPSA) is 75.2 Å². The first-order valence-electron chi connectivity index (χ1n) is 8.48. The van der Waals surface area contributed by atoms with Crippen LogP contribution in [0, 0.1) is 13.8 Å². The minimum atomic E-state index is -0.0513. The second kappa shape index (κ2) is 7.31. The summed E-state index contributed by atoms with van der Waals surface area (Å²) in [6, 6.07) is 6.16. The zero-order valence-electron chi connectivity index (χ0n) is 14.7. The Bertz CT molecular complexity index is 782. The lowest BCUT2D eigenvalue weighted by Gasteiger charge is -2.17. The zero-order valence-corrected chi connectivity index (χ0v) is 15.5. The van der Waals surface area contributed by atoms with Gasteiger partial charge in [-0.25, -0.2) is 0 Å². The molecule has 6 nitrogen and oxygen atoms in total. The van der Waals surface area contributed by atoms with Crippen molar-refractivity contribution in [2.75, 3.05) is 16.8 Å². The first-order valence-corrected chi connectivity index (χ1v) is 9.30. The predicted molar refractivity (Wildman–Crippen MR) is 99.1 cm³/mol. The van der Waals surface area contributed by atoms with Gasteiger partial charge < -0.3 is 10.2 Å². The van der Waals surface area contributed by atoms with E-state index in [-0.39, 0.29) is 17.7 Å². The molecule has 0 saturated carbocycles. The summed E-state index contributed by atoms with van der Waals surface area (Å²) in [6.45, 7) is 6.62. The minimum Gasteiger partial charge on any atom is -0.312 e. The molecule has 1 fully saturated rings. The number of benzene rings is 1. The van der Waals surface area contributed by atoms with Gasteiger partial charge in [0.2, 0.25) is 16.9 Å². The molecule has 1 aliphatic rings. The van der Waals surface area contributed by atoms with Crippen molar-refractivity contribution in [1.82, 2.24) is 10.2 Å². The Morgan fingerprint density at radius 3 is 2.68 bits per heavy atom. The van der Waals surface area contributed by atoms with Gasteiger partial charge in [-0.05, 0) is 43.5 Å². The number of hydrogen-bond acceptors (Lipinski definition) is 5. The molecule has 0 aliphatic carbocycles. The fourth-order valence-electron chi connectivity index (χ4n) is 3.09. The highest BCUT2D eigenvalue weighted by Crippen LogP contribution is 2.34. The molecule has 0 spiro atoms. The van der Waals surface area contributed by atoms with Gasteiger partial charge in [0.1, 0.15) is 5.01 Å². The smallest absolute Gasteiger partial charge is 0.227 e. The summed E-state index contributed by atoms with van der Waals surface area (Å²) < 4.78 is 0. The first kappa shape index (κ1) is 17.5. The number of nitrogens with zero attached hydrogens (tertiary/aromatic N) is 3. The molecule has 1 aromatic carbocycles. The average Bonchev–Trinajstić information content (AvgIpc) is 3.13. The van der Waals surface area contributed by atoms with E-state index in [0.717, 1.165) is 28.2 Å². The van der Waals surface area contributed by atoms with Crippen molar-refractivity contribution in [2.24, 2.45) is 0 Å². The monoisotopic (exact) mass is 358 g/mol. The predicted octanol–water partition coefficient (Wildman–Crippen LogP) is 3.41. The second-order valence-corrected chi connectivity index (χ2v) is 7.50. The number of rotatable bonds is 5. The van der Waals surface area contributed by atoms with Gasteiger partial charge in [0, 0.05) is 31.0 Å². The quantitative estimate of drug-likeness (QED) is 0.889. The van der Waals surface area contributed by atoms with Crippen LogP contribution in [0.4, 0.5) is 10.8 Å². The Balaban J connectivity index is 1.72. The third kappa shape index (κ3) is 4.04. The Labute approximate surface area is 151 Å². The number of carbonyl (C=O) groups is 2. The molecule has 25 heavy (non-hydrogen) atoms. The normalized spacial score (nSPS) is 17.2. The molecule has 7 heteroatoms. The molecular formula is C18H22N4O2S. The van der Waals surface area contributed by atoms with Gasteiger partial charge in [-0.2, -0.15) is 0 Å². The summed E-state index contributed by atoms with van der Waals surface area (Å²) in [5.74, 6) is 0.0639. The zero-order chi connectivity index (χ0) is 18.0. The molecule has 0 bridgehead atoms. The van der Waals surface area contributed by atoms with Crippen molar-refractivity contribution < 1.29 is 9.59 Å². The molecule has 2 aromatic rings. The molecule has 1 N–H and O–H groups in total.